The summed E-state index contributed by atoms with van der Waals surface area (Å²) in [5.41, 5.74) is 0. The Morgan fingerprint density at radius 3 is 2.65 bits per heavy atom. The molecule has 0 spiro atoms. The first kappa shape index (κ1) is 16.4. The van der Waals surface area contributed by atoms with E-state index in [4.69, 9.17) is 5.11 Å². The van der Waals surface area contributed by atoms with Crippen molar-refractivity contribution in [2.75, 3.05) is 0 Å². The number of carbonyl (C=O) groups is 2. The maximum Gasteiger partial charge on any atom is 0.326 e. The van der Waals surface area contributed by atoms with Crippen LogP contribution in [-0.2, 0) is 17.8 Å². The Morgan fingerprint density at radius 1 is 1.45 bits per heavy atom. The molecule has 0 radical (unpaired) electrons. The fourth-order valence-corrected chi connectivity index (χ4v) is 2.43. The van der Waals surface area contributed by atoms with Gasteiger partial charge in [0.05, 0.1) is 6.54 Å². The molecule has 2 unspecified atom stereocenters. The van der Waals surface area contributed by atoms with Crippen LogP contribution in [0.25, 0.3) is 0 Å². The van der Waals surface area contributed by atoms with Crippen LogP contribution < -0.4 is 10.6 Å². The van der Waals surface area contributed by atoms with E-state index in [2.05, 4.69) is 15.6 Å². The molecule has 0 bridgehead atoms. The molecule has 2 atom stereocenters. The van der Waals surface area contributed by atoms with Crippen molar-refractivity contribution in [2.45, 2.75) is 46.2 Å². The predicted octanol–water partition coefficient (Wildman–Crippen LogP) is 2.00. The fourth-order valence-electron chi connectivity index (χ4n) is 1.62. The van der Waals surface area contributed by atoms with Gasteiger partial charge < -0.3 is 15.7 Å². The minimum atomic E-state index is -1.02. The van der Waals surface area contributed by atoms with E-state index in [1.165, 1.54) is 0 Å². The van der Waals surface area contributed by atoms with Crippen LogP contribution in [0.5, 0.6) is 0 Å². The first-order valence-electron chi connectivity index (χ1n) is 6.68. The number of aryl methyl sites for hydroxylation is 1. The van der Waals surface area contributed by atoms with Crippen molar-refractivity contribution in [3.63, 3.8) is 0 Å². The van der Waals surface area contributed by atoms with Gasteiger partial charge in [-0.15, -0.1) is 11.3 Å². The third kappa shape index (κ3) is 4.80. The number of carboxylic acid groups (broad SMARTS) is 1. The van der Waals surface area contributed by atoms with Crippen molar-refractivity contribution >= 4 is 23.3 Å². The minimum Gasteiger partial charge on any atom is -0.480 e. The summed E-state index contributed by atoms with van der Waals surface area (Å²) in [5.74, 6) is -1.14. The van der Waals surface area contributed by atoms with Crippen LogP contribution in [0.3, 0.4) is 0 Å². The number of aliphatic carboxylic acids is 1. The Hall–Kier alpha value is -1.63. The number of urea groups is 1. The molecule has 20 heavy (non-hydrogen) atoms. The Kier molecular flexibility index (Phi) is 6.44. The van der Waals surface area contributed by atoms with Crippen LogP contribution in [-0.4, -0.2) is 28.1 Å². The van der Waals surface area contributed by atoms with Crippen molar-refractivity contribution < 1.29 is 14.7 Å². The molecule has 0 aliphatic heterocycles. The molecule has 2 amide bonds. The summed E-state index contributed by atoms with van der Waals surface area (Å²) >= 11 is 1.54. The number of amides is 2. The Morgan fingerprint density at radius 2 is 2.15 bits per heavy atom. The predicted molar refractivity (Wildman–Crippen MR) is 77.7 cm³/mol. The minimum absolute atomic E-state index is 0.121. The number of carbonyl (C=O) groups excluding carboxylic acids is 1. The van der Waals surface area contributed by atoms with Gasteiger partial charge in [0.15, 0.2) is 0 Å². The van der Waals surface area contributed by atoms with Gasteiger partial charge >= 0.3 is 12.0 Å². The van der Waals surface area contributed by atoms with E-state index in [1.54, 1.807) is 24.5 Å². The van der Waals surface area contributed by atoms with Crippen molar-refractivity contribution in [3.05, 3.63) is 16.1 Å². The van der Waals surface area contributed by atoms with Crippen LogP contribution in [0.2, 0.25) is 0 Å². The summed E-state index contributed by atoms with van der Waals surface area (Å²) in [5, 5.41) is 15.0. The second-order valence-electron chi connectivity index (χ2n) is 4.60. The quantitative estimate of drug-likeness (QED) is 0.718. The van der Waals surface area contributed by atoms with E-state index < -0.39 is 18.0 Å². The van der Waals surface area contributed by atoms with Gasteiger partial charge in [0.2, 0.25) is 0 Å². The standard InChI is InChI=1S/C13H21N3O3S/c1-4-8(3)11(12(17)18)16-13(19)15-7-10-14-6-9(5-2)20-10/h6,8,11H,4-5,7H2,1-3H3,(H,17,18)(H2,15,16,19). The molecule has 6 nitrogen and oxygen atoms in total. The van der Waals surface area contributed by atoms with Gasteiger partial charge in [-0.05, 0) is 12.3 Å². The molecule has 0 saturated carbocycles. The summed E-state index contributed by atoms with van der Waals surface area (Å²) in [4.78, 5) is 28.2. The monoisotopic (exact) mass is 299 g/mol. The number of hydrogen-bond donors (Lipinski definition) is 3. The summed E-state index contributed by atoms with van der Waals surface area (Å²) in [6.45, 7) is 6.04. The number of rotatable bonds is 7. The SMILES string of the molecule is CCc1cnc(CNC(=O)NC(C(=O)O)C(C)CC)s1. The van der Waals surface area contributed by atoms with Crippen LogP contribution >= 0.6 is 11.3 Å². The summed E-state index contributed by atoms with van der Waals surface area (Å²) in [7, 11) is 0. The highest BCUT2D eigenvalue weighted by atomic mass is 32.1. The molecule has 7 heteroatoms. The van der Waals surface area contributed by atoms with Gasteiger partial charge in [-0.1, -0.05) is 27.2 Å². The van der Waals surface area contributed by atoms with Crippen LogP contribution in [0, 0.1) is 5.92 Å². The molecule has 1 aromatic rings. The third-order valence-corrected chi connectivity index (χ3v) is 4.26. The molecule has 112 valence electrons. The normalized spacial score (nSPS) is 13.6. The number of hydrogen-bond acceptors (Lipinski definition) is 4. The lowest BCUT2D eigenvalue weighted by Crippen LogP contribution is -2.48. The number of thiazole rings is 1. The van der Waals surface area contributed by atoms with Crippen molar-refractivity contribution in [1.82, 2.24) is 15.6 Å². The number of aromatic nitrogens is 1. The zero-order valence-corrected chi connectivity index (χ0v) is 12.8. The molecule has 1 heterocycles. The topological polar surface area (TPSA) is 91.3 Å². The van der Waals surface area contributed by atoms with Gasteiger partial charge in [0.25, 0.3) is 0 Å². The lowest BCUT2D eigenvalue weighted by atomic mass is 9.99. The zero-order chi connectivity index (χ0) is 15.1. The van der Waals surface area contributed by atoms with E-state index in [1.807, 2.05) is 13.8 Å². The maximum absolute atomic E-state index is 11.7. The first-order valence-corrected chi connectivity index (χ1v) is 7.50. The molecular weight excluding hydrogens is 278 g/mol. The van der Waals surface area contributed by atoms with Crippen molar-refractivity contribution in [3.8, 4) is 0 Å². The Balaban J connectivity index is 2.47. The first-order chi connectivity index (χ1) is 9.47. The third-order valence-electron chi connectivity index (χ3n) is 3.12. The van der Waals surface area contributed by atoms with Gasteiger partial charge in [0.1, 0.15) is 11.0 Å². The second-order valence-corrected chi connectivity index (χ2v) is 5.80. The number of nitrogens with one attached hydrogen (secondary N) is 2. The van der Waals surface area contributed by atoms with Gasteiger partial charge in [-0.25, -0.2) is 14.6 Å². The summed E-state index contributed by atoms with van der Waals surface area (Å²) in [6, 6.07) is -1.35. The second kappa shape index (κ2) is 7.84. The molecule has 1 aromatic heterocycles. The average Bonchev–Trinajstić information content (AvgIpc) is 2.89. The molecule has 0 saturated heterocycles. The van der Waals surface area contributed by atoms with E-state index >= 15 is 0 Å². The lowest BCUT2D eigenvalue weighted by molar-refractivity contribution is -0.140. The van der Waals surface area contributed by atoms with Crippen LogP contribution in [0.1, 0.15) is 37.1 Å². The molecule has 0 aromatic carbocycles. The van der Waals surface area contributed by atoms with Crippen molar-refractivity contribution in [2.24, 2.45) is 5.92 Å². The van der Waals surface area contributed by atoms with Crippen molar-refractivity contribution in [1.29, 1.82) is 0 Å². The number of carboxylic acids is 1. The molecule has 0 aliphatic rings. The van der Waals surface area contributed by atoms with E-state index in [0.29, 0.717) is 13.0 Å². The van der Waals surface area contributed by atoms with Crippen LogP contribution in [0.4, 0.5) is 4.79 Å². The molecular formula is C13H21N3O3S. The smallest absolute Gasteiger partial charge is 0.326 e. The fraction of sp³-hybridized carbons (Fsp3) is 0.615. The maximum atomic E-state index is 11.7. The highest BCUT2D eigenvalue weighted by molar-refractivity contribution is 7.11. The van der Waals surface area contributed by atoms with Crippen LogP contribution in [0.15, 0.2) is 6.20 Å². The van der Waals surface area contributed by atoms with Gasteiger partial charge in [-0.3, -0.25) is 0 Å². The highest BCUT2D eigenvalue weighted by Crippen LogP contribution is 2.13. The largest absolute Gasteiger partial charge is 0.480 e. The molecule has 1 rings (SSSR count). The molecule has 3 N–H and O–H groups in total. The molecule has 0 aliphatic carbocycles. The van der Waals surface area contributed by atoms with E-state index in [9.17, 15) is 9.59 Å². The Labute approximate surface area is 122 Å². The van der Waals surface area contributed by atoms with E-state index in [-0.39, 0.29) is 5.92 Å². The zero-order valence-electron chi connectivity index (χ0n) is 12.0. The molecule has 0 fully saturated rings. The Bertz CT molecular complexity index is 461. The number of nitrogens with zero attached hydrogens (tertiary/aromatic N) is 1. The lowest BCUT2D eigenvalue weighted by Gasteiger charge is -2.20. The van der Waals surface area contributed by atoms with Gasteiger partial charge in [-0.2, -0.15) is 0 Å². The van der Waals surface area contributed by atoms with E-state index in [0.717, 1.165) is 16.3 Å². The average molecular weight is 299 g/mol. The van der Waals surface area contributed by atoms with Gasteiger partial charge in [0, 0.05) is 11.1 Å². The summed E-state index contributed by atoms with van der Waals surface area (Å²) in [6.07, 6.45) is 3.39. The summed E-state index contributed by atoms with van der Waals surface area (Å²) < 4.78 is 0. The highest BCUT2D eigenvalue weighted by Gasteiger charge is 2.25.